The fourth-order valence-electron chi connectivity index (χ4n) is 3.31. The number of hydrogen-bond acceptors (Lipinski definition) is 2. The van der Waals surface area contributed by atoms with Crippen LogP contribution in [0.2, 0.25) is 0 Å². The molecule has 138 valence electrons. The number of rotatable bonds is 12. The maximum absolute atomic E-state index is 12.5. The van der Waals surface area contributed by atoms with Crippen molar-refractivity contribution in [3.8, 4) is 0 Å². The summed E-state index contributed by atoms with van der Waals surface area (Å²) in [5, 5.41) is 0. The Morgan fingerprint density at radius 2 is 1.25 bits per heavy atom. The molecule has 1 rings (SSSR count). The van der Waals surface area contributed by atoms with Gasteiger partial charge in [-0.05, 0) is 38.3 Å². The van der Waals surface area contributed by atoms with Crippen molar-refractivity contribution in [3.63, 3.8) is 0 Å². The van der Waals surface area contributed by atoms with Crippen LogP contribution in [0.3, 0.4) is 0 Å². The number of nitrogens with one attached hydrogen (secondary N) is 1. The predicted octanol–water partition coefficient (Wildman–Crippen LogP) is 5.42. The smallest absolute Gasteiger partial charge is 0.211 e. The SMILES string of the molecule is CCCCCCCCCCCNS(=O)(=O)c1c(C)cc(C)cc1C. The third-order valence-corrected chi connectivity index (χ3v) is 6.21. The fraction of sp³-hybridized carbons (Fsp3) is 0.700. The molecule has 1 aromatic rings. The van der Waals surface area contributed by atoms with E-state index >= 15 is 0 Å². The quantitative estimate of drug-likeness (QED) is 0.510. The van der Waals surface area contributed by atoms with Crippen LogP contribution in [0, 0.1) is 20.8 Å². The van der Waals surface area contributed by atoms with Crippen LogP contribution in [0.4, 0.5) is 0 Å². The summed E-state index contributed by atoms with van der Waals surface area (Å²) in [5.41, 5.74) is 2.75. The first-order valence-electron chi connectivity index (χ1n) is 9.46. The Kier molecular flexibility index (Phi) is 9.60. The molecule has 0 heterocycles. The van der Waals surface area contributed by atoms with Crippen LogP contribution in [0.1, 0.15) is 81.4 Å². The van der Waals surface area contributed by atoms with Gasteiger partial charge in [0.05, 0.1) is 4.90 Å². The van der Waals surface area contributed by atoms with Gasteiger partial charge in [-0.25, -0.2) is 13.1 Å². The van der Waals surface area contributed by atoms with E-state index in [1.165, 1.54) is 44.9 Å². The summed E-state index contributed by atoms with van der Waals surface area (Å²) >= 11 is 0. The van der Waals surface area contributed by atoms with Gasteiger partial charge in [0.2, 0.25) is 10.0 Å². The first-order valence-corrected chi connectivity index (χ1v) is 10.9. The lowest BCUT2D eigenvalue weighted by atomic mass is 10.1. The molecule has 24 heavy (non-hydrogen) atoms. The van der Waals surface area contributed by atoms with Crippen molar-refractivity contribution in [1.29, 1.82) is 0 Å². The van der Waals surface area contributed by atoms with Crippen LogP contribution >= 0.6 is 0 Å². The van der Waals surface area contributed by atoms with Crippen molar-refractivity contribution in [3.05, 3.63) is 28.8 Å². The zero-order valence-corrected chi connectivity index (χ0v) is 16.8. The second-order valence-corrected chi connectivity index (χ2v) is 8.66. The molecule has 0 aliphatic heterocycles. The normalized spacial score (nSPS) is 11.8. The van der Waals surface area contributed by atoms with E-state index in [1.54, 1.807) is 0 Å². The number of unbranched alkanes of at least 4 members (excludes halogenated alkanes) is 8. The Balaban J connectivity index is 2.30. The molecule has 0 unspecified atom stereocenters. The molecule has 0 saturated heterocycles. The average molecular weight is 354 g/mol. The second kappa shape index (κ2) is 10.9. The molecule has 0 spiro atoms. The van der Waals surface area contributed by atoms with Crippen LogP contribution in [0.15, 0.2) is 17.0 Å². The summed E-state index contributed by atoms with van der Waals surface area (Å²) in [7, 11) is -3.40. The maximum Gasteiger partial charge on any atom is 0.241 e. The van der Waals surface area contributed by atoms with E-state index in [-0.39, 0.29) is 0 Å². The van der Waals surface area contributed by atoms with Crippen LogP contribution in [0.25, 0.3) is 0 Å². The number of benzene rings is 1. The monoisotopic (exact) mass is 353 g/mol. The first kappa shape index (κ1) is 21.2. The van der Waals surface area contributed by atoms with Crippen molar-refractivity contribution in [1.82, 2.24) is 4.72 Å². The Labute approximate surface area is 149 Å². The highest BCUT2D eigenvalue weighted by atomic mass is 32.2. The van der Waals surface area contributed by atoms with Crippen molar-refractivity contribution in [2.24, 2.45) is 0 Å². The minimum absolute atomic E-state index is 0.448. The highest BCUT2D eigenvalue weighted by Gasteiger charge is 2.19. The Bertz CT molecular complexity index is 571. The van der Waals surface area contributed by atoms with E-state index in [9.17, 15) is 8.42 Å². The highest BCUT2D eigenvalue weighted by Crippen LogP contribution is 2.21. The van der Waals surface area contributed by atoms with Crippen LogP contribution in [-0.2, 0) is 10.0 Å². The van der Waals surface area contributed by atoms with Gasteiger partial charge in [-0.1, -0.05) is 76.0 Å². The molecule has 0 atom stereocenters. The van der Waals surface area contributed by atoms with Gasteiger partial charge in [0.1, 0.15) is 0 Å². The van der Waals surface area contributed by atoms with Crippen LogP contribution in [0.5, 0.6) is 0 Å². The number of hydrogen-bond donors (Lipinski definition) is 1. The molecule has 3 nitrogen and oxygen atoms in total. The van der Waals surface area contributed by atoms with Crippen LogP contribution < -0.4 is 4.72 Å². The van der Waals surface area contributed by atoms with Crippen molar-refractivity contribution in [2.75, 3.05) is 6.54 Å². The van der Waals surface area contributed by atoms with E-state index in [4.69, 9.17) is 0 Å². The largest absolute Gasteiger partial charge is 0.241 e. The lowest BCUT2D eigenvalue weighted by Gasteiger charge is -2.13. The topological polar surface area (TPSA) is 46.2 Å². The van der Waals surface area contributed by atoms with E-state index in [0.717, 1.165) is 29.5 Å². The second-order valence-electron chi connectivity index (χ2n) is 6.95. The summed E-state index contributed by atoms with van der Waals surface area (Å²) in [6.07, 6.45) is 11.1. The summed E-state index contributed by atoms with van der Waals surface area (Å²) < 4.78 is 27.8. The Hall–Kier alpha value is -0.870. The van der Waals surface area contributed by atoms with Gasteiger partial charge < -0.3 is 0 Å². The molecule has 0 radical (unpaired) electrons. The van der Waals surface area contributed by atoms with E-state index < -0.39 is 10.0 Å². The minimum Gasteiger partial charge on any atom is -0.211 e. The molecule has 0 fully saturated rings. The molecule has 0 aromatic heterocycles. The predicted molar refractivity (Wildman–Crippen MR) is 103 cm³/mol. The summed E-state index contributed by atoms with van der Waals surface area (Å²) in [4.78, 5) is 0.448. The lowest BCUT2D eigenvalue weighted by molar-refractivity contribution is 0.553. The van der Waals surface area contributed by atoms with Crippen molar-refractivity contribution in [2.45, 2.75) is 90.4 Å². The average Bonchev–Trinajstić information content (AvgIpc) is 2.47. The molecule has 0 saturated carbocycles. The molecule has 1 aromatic carbocycles. The standard InChI is InChI=1S/C20H35NO2S/c1-5-6-7-8-9-10-11-12-13-14-21-24(22,23)20-18(3)15-17(2)16-19(20)4/h15-16,21H,5-14H2,1-4H3. The molecule has 1 N–H and O–H groups in total. The summed E-state index contributed by atoms with van der Waals surface area (Å²) in [6.45, 7) is 8.50. The van der Waals surface area contributed by atoms with Gasteiger partial charge in [0.25, 0.3) is 0 Å². The molecule has 4 heteroatoms. The summed E-state index contributed by atoms with van der Waals surface area (Å²) in [6, 6.07) is 3.86. The lowest BCUT2D eigenvalue weighted by Crippen LogP contribution is -2.26. The number of aryl methyl sites for hydroxylation is 3. The van der Waals surface area contributed by atoms with Gasteiger partial charge in [-0.3, -0.25) is 0 Å². The molecule has 0 aliphatic carbocycles. The van der Waals surface area contributed by atoms with Gasteiger partial charge in [0.15, 0.2) is 0 Å². The molecular weight excluding hydrogens is 318 g/mol. The molecule has 0 amide bonds. The Morgan fingerprint density at radius 1 is 0.792 bits per heavy atom. The van der Waals surface area contributed by atoms with Gasteiger partial charge in [-0.15, -0.1) is 0 Å². The zero-order valence-electron chi connectivity index (χ0n) is 16.0. The third kappa shape index (κ3) is 7.35. The molecule has 0 aliphatic rings. The van der Waals surface area contributed by atoms with Crippen molar-refractivity contribution >= 4 is 10.0 Å². The third-order valence-electron chi connectivity index (χ3n) is 4.45. The maximum atomic E-state index is 12.5. The van der Waals surface area contributed by atoms with Gasteiger partial charge in [-0.2, -0.15) is 0 Å². The minimum atomic E-state index is -3.40. The molecular formula is C20H35NO2S. The van der Waals surface area contributed by atoms with Crippen LogP contribution in [-0.4, -0.2) is 15.0 Å². The summed E-state index contributed by atoms with van der Waals surface area (Å²) in [5.74, 6) is 0. The first-order chi connectivity index (χ1) is 11.4. The number of sulfonamides is 1. The van der Waals surface area contributed by atoms with E-state index in [0.29, 0.717) is 11.4 Å². The zero-order chi connectivity index (χ0) is 18.0. The van der Waals surface area contributed by atoms with Gasteiger partial charge in [0, 0.05) is 6.54 Å². The molecule has 0 bridgehead atoms. The Morgan fingerprint density at radius 3 is 1.75 bits per heavy atom. The highest BCUT2D eigenvalue weighted by molar-refractivity contribution is 7.89. The van der Waals surface area contributed by atoms with E-state index in [2.05, 4.69) is 11.6 Å². The van der Waals surface area contributed by atoms with Gasteiger partial charge >= 0.3 is 0 Å². The fourth-order valence-corrected chi connectivity index (χ4v) is 4.83. The van der Waals surface area contributed by atoms with E-state index in [1.807, 2.05) is 32.9 Å². The van der Waals surface area contributed by atoms with Crippen molar-refractivity contribution < 1.29 is 8.42 Å².